The first-order valence-corrected chi connectivity index (χ1v) is 9.05. The van der Waals surface area contributed by atoms with Crippen LogP contribution < -0.4 is 10.0 Å². The van der Waals surface area contributed by atoms with Gasteiger partial charge in [0, 0.05) is 6.04 Å². The lowest BCUT2D eigenvalue weighted by Crippen LogP contribution is -2.41. The molecule has 1 aliphatic carbocycles. The van der Waals surface area contributed by atoms with Gasteiger partial charge in [-0.25, -0.2) is 13.1 Å². The van der Waals surface area contributed by atoms with Crippen molar-refractivity contribution in [1.29, 1.82) is 0 Å². The zero-order chi connectivity index (χ0) is 14.0. The van der Waals surface area contributed by atoms with E-state index in [1.807, 2.05) is 12.1 Å². The zero-order valence-corrected chi connectivity index (χ0v) is 12.5. The summed E-state index contributed by atoms with van der Waals surface area (Å²) >= 11 is 0. The van der Waals surface area contributed by atoms with Crippen LogP contribution in [0.3, 0.4) is 0 Å². The summed E-state index contributed by atoms with van der Waals surface area (Å²) in [6.45, 7) is 1.84. The van der Waals surface area contributed by atoms with Gasteiger partial charge in [-0.1, -0.05) is 24.3 Å². The second kappa shape index (κ2) is 5.84. The predicted octanol–water partition coefficient (Wildman–Crippen LogP) is 1.07. The third-order valence-corrected chi connectivity index (χ3v) is 5.85. The minimum Gasteiger partial charge on any atom is -0.316 e. The van der Waals surface area contributed by atoms with Crippen molar-refractivity contribution < 1.29 is 8.42 Å². The number of sulfonamides is 1. The van der Waals surface area contributed by atoms with Crippen molar-refractivity contribution in [3.8, 4) is 0 Å². The van der Waals surface area contributed by atoms with Crippen LogP contribution in [0.15, 0.2) is 24.3 Å². The van der Waals surface area contributed by atoms with E-state index in [0.29, 0.717) is 0 Å². The Hall–Kier alpha value is -0.910. The molecular weight excluding hydrogens is 272 g/mol. The highest BCUT2D eigenvalue weighted by molar-refractivity contribution is 7.89. The molecule has 1 fully saturated rings. The molecule has 0 radical (unpaired) electrons. The van der Waals surface area contributed by atoms with Crippen LogP contribution in [-0.2, 0) is 22.9 Å². The highest BCUT2D eigenvalue weighted by atomic mass is 32.2. The molecule has 0 amide bonds. The first-order valence-electron chi connectivity index (χ1n) is 7.40. The number of rotatable bonds is 4. The van der Waals surface area contributed by atoms with Crippen LogP contribution >= 0.6 is 0 Å². The Morgan fingerprint density at radius 2 is 1.90 bits per heavy atom. The minimum atomic E-state index is -3.17. The largest absolute Gasteiger partial charge is 0.316 e. The number of hydrogen-bond acceptors (Lipinski definition) is 3. The van der Waals surface area contributed by atoms with Crippen LogP contribution in [0.2, 0.25) is 0 Å². The zero-order valence-electron chi connectivity index (χ0n) is 11.6. The van der Waals surface area contributed by atoms with E-state index in [9.17, 15) is 8.42 Å². The fourth-order valence-electron chi connectivity index (χ4n) is 3.32. The van der Waals surface area contributed by atoms with E-state index in [4.69, 9.17) is 0 Å². The molecule has 3 rings (SSSR count). The molecule has 1 aliphatic heterocycles. The van der Waals surface area contributed by atoms with Crippen LogP contribution in [0.25, 0.3) is 0 Å². The summed E-state index contributed by atoms with van der Waals surface area (Å²) in [5, 5.41) is 3.27. The van der Waals surface area contributed by atoms with E-state index in [2.05, 4.69) is 22.2 Å². The molecule has 5 heteroatoms. The molecule has 1 atom stereocenters. The molecule has 0 saturated carbocycles. The van der Waals surface area contributed by atoms with Crippen molar-refractivity contribution in [3.63, 3.8) is 0 Å². The number of nitrogens with one attached hydrogen (secondary N) is 2. The second-order valence-corrected chi connectivity index (χ2v) is 7.78. The van der Waals surface area contributed by atoms with Crippen LogP contribution in [0.1, 0.15) is 24.0 Å². The average molecular weight is 294 g/mol. The van der Waals surface area contributed by atoms with Gasteiger partial charge in [-0.2, -0.15) is 0 Å². The number of fused-ring (bicyclic) bond motifs is 1. The van der Waals surface area contributed by atoms with Gasteiger partial charge in [0.15, 0.2) is 0 Å². The Morgan fingerprint density at radius 1 is 1.20 bits per heavy atom. The summed E-state index contributed by atoms with van der Waals surface area (Å²) in [6, 6.07) is 8.25. The molecule has 2 aliphatic rings. The van der Waals surface area contributed by atoms with Crippen molar-refractivity contribution in [2.75, 3.05) is 18.8 Å². The molecule has 1 heterocycles. The molecule has 2 N–H and O–H groups in total. The highest BCUT2D eigenvalue weighted by Gasteiger charge is 2.27. The lowest BCUT2D eigenvalue weighted by atomic mass is 10.0. The molecule has 20 heavy (non-hydrogen) atoms. The fourth-order valence-corrected chi connectivity index (χ4v) is 5.00. The molecule has 0 aromatic heterocycles. The molecular formula is C15H22N2O2S. The number of benzene rings is 1. The Kier molecular flexibility index (Phi) is 4.10. The van der Waals surface area contributed by atoms with E-state index >= 15 is 0 Å². The van der Waals surface area contributed by atoms with Crippen molar-refractivity contribution in [1.82, 2.24) is 10.0 Å². The van der Waals surface area contributed by atoms with Crippen LogP contribution in [0.4, 0.5) is 0 Å². The summed E-state index contributed by atoms with van der Waals surface area (Å²) in [5.74, 6) is 0.511. The summed E-state index contributed by atoms with van der Waals surface area (Å²) in [6.07, 6.45) is 3.73. The molecule has 4 nitrogen and oxygen atoms in total. The second-order valence-electron chi connectivity index (χ2n) is 5.99. The standard InChI is InChI=1S/C15H22N2O2S/c18-20(19,11-12-4-3-7-16-10-12)17-15-8-13-5-1-2-6-14(13)9-15/h1-2,5-6,12,15-17H,3-4,7-11H2. The molecule has 1 saturated heterocycles. The van der Waals surface area contributed by atoms with Gasteiger partial charge < -0.3 is 5.32 Å². The maximum atomic E-state index is 12.3. The average Bonchev–Trinajstić information content (AvgIpc) is 2.80. The predicted molar refractivity (Wildman–Crippen MR) is 80.2 cm³/mol. The quantitative estimate of drug-likeness (QED) is 0.873. The number of piperidine rings is 1. The topological polar surface area (TPSA) is 58.2 Å². The Morgan fingerprint density at radius 3 is 2.50 bits per heavy atom. The molecule has 0 bridgehead atoms. The Balaban J connectivity index is 1.58. The molecule has 1 unspecified atom stereocenters. The normalized spacial score (nSPS) is 23.7. The van der Waals surface area contributed by atoms with Crippen molar-refractivity contribution in [3.05, 3.63) is 35.4 Å². The smallest absolute Gasteiger partial charge is 0.212 e. The van der Waals surface area contributed by atoms with Crippen molar-refractivity contribution >= 4 is 10.0 Å². The van der Waals surface area contributed by atoms with E-state index in [1.165, 1.54) is 11.1 Å². The molecule has 1 aromatic rings. The fraction of sp³-hybridized carbons (Fsp3) is 0.600. The van der Waals surface area contributed by atoms with Gasteiger partial charge in [0.1, 0.15) is 0 Å². The first kappa shape index (κ1) is 14.0. The summed E-state index contributed by atoms with van der Waals surface area (Å²) < 4.78 is 27.4. The van der Waals surface area contributed by atoms with E-state index < -0.39 is 10.0 Å². The molecule has 0 spiro atoms. The summed E-state index contributed by atoms with van der Waals surface area (Å²) in [4.78, 5) is 0. The van der Waals surface area contributed by atoms with Gasteiger partial charge in [0.2, 0.25) is 10.0 Å². The van der Waals surface area contributed by atoms with Gasteiger partial charge in [0.05, 0.1) is 5.75 Å². The van der Waals surface area contributed by atoms with Crippen molar-refractivity contribution in [2.45, 2.75) is 31.7 Å². The first-order chi connectivity index (χ1) is 9.62. The van der Waals surface area contributed by atoms with Gasteiger partial charge in [0.25, 0.3) is 0 Å². The van der Waals surface area contributed by atoms with Crippen LogP contribution in [0.5, 0.6) is 0 Å². The van der Waals surface area contributed by atoms with E-state index in [1.54, 1.807) is 0 Å². The molecule has 110 valence electrons. The maximum absolute atomic E-state index is 12.3. The van der Waals surface area contributed by atoms with E-state index in [0.717, 1.165) is 38.8 Å². The summed E-state index contributed by atoms with van der Waals surface area (Å²) in [5.41, 5.74) is 2.55. The minimum absolute atomic E-state index is 0.0361. The van der Waals surface area contributed by atoms with Gasteiger partial charge in [-0.3, -0.25) is 0 Å². The summed E-state index contributed by atoms with van der Waals surface area (Å²) in [7, 11) is -3.17. The Labute approximate surface area is 121 Å². The Bertz CT molecular complexity index is 540. The highest BCUT2D eigenvalue weighted by Crippen LogP contribution is 2.22. The van der Waals surface area contributed by atoms with Gasteiger partial charge >= 0.3 is 0 Å². The lowest BCUT2D eigenvalue weighted by Gasteiger charge is -2.23. The monoisotopic (exact) mass is 294 g/mol. The van der Waals surface area contributed by atoms with E-state index in [-0.39, 0.29) is 17.7 Å². The van der Waals surface area contributed by atoms with Crippen LogP contribution in [0, 0.1) is 5.92 Å². The van der Waals surface area contributed by atoms with Crippen LogP contribution in [-0.4, -0.2) is 33.3 Å². The maximum Gasteiger partial charge on any atom is 0.212 e. The van der Waals surface area contributed by atoms with Gasteiger partial charge in [-0.15, -0.1) is 0 Å². The number of hydrogen-bond donors (Lipinski definition) is 2. The SMILES string of the molecule is O=S(=O)(CC1CCCNC1)NC1Cc2ccccc2C1. The van der Waals surface area contributed by atoms with Gasteiger partial charge in [-0.05, 0) is 55.8 Å². The molecule has 1 aromatic carbocycles. The van der Waals surface area contributed by atoms with Crippen molar-refractivity contribution in [2.24, 2.45) is 5.92 Å². The third kappa shape index (κ3) is 3.40. The third-order valence-electron chi connectivity index (χ3n) is 4.25. The lowest BCUT2D eigenvalue weighted by molar-refractivity contribution is 0.401.